The molecular formula is C20H44O4SiTi. The molecule has 0 amide bonds. The number of rotatable bonds is 3. The van der Waals surface area contributed by atoms with E-state index < -0.39 is 8.32 Å². The number of aliphatic hydroxyl groups is 1. The van der Waals surface area contributed by atoms with Crippen molar-refractivity contribution in [2.24, 2.45) is 0 Å². The smallest absolute Gasteiger partial charge is 0.197 e. The molecule has 4 nitrogen and oxygen atoms in total. The van der Waals surface area contributed by atoms with Crippen LogP contribution in [0.2, 0.25) is 16.6 Å². The van der Waals surface area contributed by atoms with E-state index in [1.807, 2.05) is 0 Å². The summed E-state index contributed by atoms with van der Waals surface area (Å²) < 4.78 is 0. The maximum atomic E-state index is 12.0. The largest absolute Gasteiger partial charge is 0.431 e. The van der Waals surface area contributed by atoms with Gasteiger partial charge in [0, 0.05) is 28.3 Å². The monoisotopic (exact) mass is 424 g/mol. The van der Waals surface area contributed by atoms with Gasteiger partial charge in [-0.2, -0.15) is 0 Å². The molecule has 3 fully saturated rings. The van der Waals surface area contributed by atoms with Crippen LogP contribution in [-0.4, -0.2) is 35.8 Å². The predicted octanol–water partition coefficient (Wildman–Crippen LogP) is 4.27. The Morgan fingerprint density at radius 1 is 0.615 bits per heavy atom. The van der Waals surface area contributed by atoms with Crippen LogP contribution < -0.4 is 0 Å². The number of hydrogen-bond acceptors (Lipinski definition) is 2. The maximum absolute atomic E-state index is 12.0. The second-order valence-electron chi connectivity index (χ2n) is 8.21. The van der Waals surface area contributed by atoms with E-state index in [0.717, 1.165) is 16.6 Å². The summed E-state index contributed by atoms with van der Waals surface area (Å²) in [5.41, 5.74) is 2.30. The Kier molecular flexibility index (Phi) is 17.5. The molecule has 156 valence electrons. The van der Waals surface area contributed by atoms with Gasteiger partial charge in [-0.1, -0.05) is 96.3 Å². The van der Waals surface area contributed by atoms with Gasteiger partial charge in [-0.25, -0.2) is 0 Å². The van der Waals surface area contributed by atoms with Crippen molar-refractivity contribution in [3.05, 3.63) is 0 Å². The van der Waals surface area contributed by atoms with Crippen molar-refractivity contribution in [3.63, 3.8) is 0 Å². The third kappa shape index (κ3) is 7.65. The van der Waals surface area contributed by atoms with Crippen molar-refractivity contribution in [2.45, 2.75) is 120 Å². The Hall–Kier alpha value is 0.771. The van der Waals surface area contributed by atoms with Crippen LogP contribution in [0.5, 0.6) is 0 Å². The van der Waals surface area contributed by atoms with Crippen molar-refractivity contribution >= 4 is 8.32 Å². The summed E-state index contributed by atoms with van der Waals surface area (Å²) in [5.74, 6) is 0. The summed E-state index contributed by atoms with van der Waals surface area (Å²) in [6.07, 6.45) is 20.9. The SMILES string of the molecule is CCO.O.O.O[Si](C1CCCCC1)(C1CCCCC1)C1CCCCC1.[Ti]. The summed E-state index contributed by atoms with van der Waals surface area (Å²) in [7, 11) is -2.05. The fraction of sp³-hybridized carbons (Fsp3) is 1.00. The minimum absolute atomic E-state index is 0. The Bertz CT molecular complexity index is 269. The third-order valence-electron chi connectivity index (χ3n) is 6.78. The van der Waals surface area contributed by atoms with Crippen LogP contribution in [0.3, 0.4) is 0 Å². The third-order valence-corrected chi connectivity index (χ3v) is 12.4. The second-order valence-corrected chi connectivity index (χ2v) is 12.4. The van der Waals surface area contributed by atoms with Gasteiger partial charge in [0.15, 0.2) is 8.32 Å². The Balaban J connectivity index is 0. The Labute approximate surface area is 177 Å². The molecule has 6 heteroatoms. The molecule has 0 saturated heterocycles. The zero-order valence-electron chi connectivity index (χ0n) is 16.9. The van der Waals surface area contributed by atoms with Gasteiger partial charge >= 0.3 is 0 Å². The molecule has 26 heavy (non-hydrogen) atoms. The van der Waals surface area contributed by atoms with Crippen molar-refractivity contribution in [3.8, 4) is 0 Å². The minimum atomic E-state index is -2.05. The standard InChI is InChI=1S/C18H34OSi.C2H6O.2H2O.Ti/c19-20(16-10-4-1-5-11-16,17-12-6-2-7-13-17)18-14-8-3-9-15-18;1-2-3;;;/h16-19H,1-15H2;3H,2H2,1H3;2*1H2;. The van der Waals surface area contributed by atoms with Gasteiger partial charge in [-0.3, -0.25) is 0 Å². The van der Waals surface area contributed by atoms with Gasteiger partial charge in [-0.05, 0) is 23.5 Å². The normalized spacial score (nSPS) is 22.7. The molecule has 3 aliphatic carbocycles. The predicted molar refractivity (Wildman–Crippen MR) is 108 cm³/mol. The van der Waals surface area contributed by atoms with Crippen molar-refractivity contribution in [2.75, 3.05) is 6.61 Å². The molecule has 0 aromatic carbocycles. The van der Waals surface area contributed by atoms with Gasteiger partial charge in [0.05, 0.1) is 0 Å². The van der Waals surface area contributed by atoms with E-state index in [4.69, 9.17) is 5.11 Å². The fourth-order valence-corrected chi connectivity index (χ4v) is 11.7. The zero-order valence-corrected chi connectivity index (χ0v) is 19.5. The Morgan fingerprint density at radius 3 is 1.00 bits per heavy atom. The molecule has 0 heterocycles. The number of aliphatic hydroxyl groups excluding tert-OH is 1. The summed E-state index contributed by atoms with van der Waals surface area (Å²) >= 11 is 0. The van der Waals surface area contributed by atoms with E-state index in [1.54, 1.807) is 6.92 Å². The van der Waals surface area contributed by atoms with Crippen molar-refractivity contribution in [1.82, 2.24) is 0 Å². The molecule has 3 saturated carbocycles. The molecule has 0 radical (unpaired) electrons. The van der Waals surface area contributed by atoms with Crippen LogP contribution in [0.25, 0.3) is 0 Å². The molecule has 3 rings (SSSR count). The molecule has 0 bridgehead atoms. The average Bonchev–Trinajstić information content (AvgIpc) is 2.64. The van der Waals surface area contributed by atoms with Crippen molar-refractivity contribution < 1.29 is 42.6 Å². The van der Waals surface area contributed by atoms with Crippen molar-refractivity contribution in [1.29, 1.82) is 0 Å². The first-order chi connectivity index (χ1) is 11.2. The molecule has 0 atom stereocenters. The summed E-state index contributed by atoms with van der Waals surface area (Å²) in [4.78, 5) is 12.0. The van der Waals surface area contributed by atoms with Crippen LogP contribution in [0, 0.1) is 0 Å². The van der Waals surface area contributed by atoms with Gasteiger partial charge in [-0.15, -0.1) is 0 Å². The van der Waals surface area contributed by atoms with E-state index in [9.17, 15) is 4.80 Å². The fourth-order valence-electron chi connectivity index (χ4n) is 5.70. The average molecular weight is 425 g/mol. The van der Waals surface area contributed by atoms with E-state index in [-0.39, 0.29) is 39.3 Å². The van der Waals surface area contributed by atoms with Gasteiger partial charge in [0.2, 0.25) is 0 Å². The number of hydrogen-bond donors (Lipinski definition) is 2. The summed E-state index contributed by atoms with van der Waals surface area (Å²) in [6.45, 7) is 1.93. The molecule has 0 aliphatic heterocycles. The molecule has 0 aromatic heterocycles. The van der Waals surface area contributed by atoms with Crippen LogP contribution in [0.4, 0.5) is 0 Å². The van der Waals surface area contributed by atoms with E-state index in [0.29, 0.717) is 0 Å². The molecular weight excluding hydrogens is 380 g/mol. The van der Waals surface area contributed by atoms with E-state index in [2.05, 4.69) is 0 Å². The van der Waals surface area contributed by atoms with Crippen LogP contribution in [-0.2, 0) is 21.7 Å². The van der Waals surface area contributed by atoms with Gasteiger partial charge in [0.1, 0.15) is 0 Å². The van der Waals surface area contributed by atoms with Crippen LogP contribution in [0.15, 0.2) is 0 Å². The zero-order chi connectivity index (χ0) is 16.5. The minimum Gasteiger partial charge on any atom is -0.431 e. The quantitative estimate of drug-likeness (QED) is 0.661. The first-order valence-electron chi connectivity index (χ1n) is 10.6. The molecule has 0 unspecified atom stereocenters. The first kappa shape index (κ1) is 29.0. The molecule has 6 N–H and O–H groups in total. The molecule has 3 aliphatic rings. The summed E-state index contributed by atoms with van der Waals surface area (Å²) in [6, 6.07) is 0. The van der Waals surface area contributed by atoms with Gasteiger partial charge in [0.25, 0.3) is 0 Å². The topological polar surface area (TPSA) is 103 Å². The summed E-state index contributed by atoms with van der Waals surface area (Å²) in [5, 5.41) is 7.57. The van der Waals surface area contributed by atoms with E-state index in [1.165, 1.54) is 96.3 Å². The maximum Gasteiger partial charge on any atom is 0.197 e. The first-order valence-corrected chi connectivity index (χ1v) is 12.7. The second kappa shape index (κ2) is 15.7. The van der Waals surface area contributed by atoms with Crippen LogP contribution >= 0.6 is 0 Å². The van der Waals surface area contributed by atoms with Gasteiger partial charge < -0.3 is 20.9 Å². The molecule has 0 spiro atoms. The van der Waals surface area contributed by atoms with E-state index >= 15 is 0 Å². The molecule has 0 aromatic rings. The van der Waals surface area contributed by atoms with Crippen LogP contribution in [0.1, 0.15) is 103 Å². The Morgan fingerprint density at radius 2 is 0.808 bits per heavy atom.